The third-order valence-electron chi connectivity index (χ3n) is 6.42. The van der Waals surface area contributed by atoms with Gasteiger partial charge in [-0.15, -0.1) is 0 Å². The normalized spacial score (nSPS) is 13.9. The second kappa shape index (κ2) is 9.91. The lowest BCUT2D eigenvalue weighted by molar-refractivity contribution is -0.131. The van der Waals surface area contributed by atoms with E-state index in [1.165, 1.54) is 5.56 Å². The molecule has 6 nitrogen and oxygen atoms in total. The van der Waals surface area contributed by atoms with Crippen molar-refractivity contribution in [1.82, 2.24) is 14.5 Å². The standard InChI is InChI=1S/C28H28N4O2/c33-26(16-15-22-9-3-1-4-10-22)30-17-19-31(20-18-30)27-28(34)32(21-23-11-5-2-6-12-23)25-14-8-7-13-24(25)29-27/h1-14H,15-21H2. The molecular weight excluding hydrogens is 424 g/mol. The molecular formula is C28H28N4O2. The van der Waals surface area contributed by atoms with Crippen molar-refractivity contribution in [1.29, 1.82) is 0 Å². The van der Waals surface area contributed by atoms with Gasteiger partial charge in [0.05, 0.1) is 17.6 Å². The monoisotopic (exact) mass is 452 g/mol. The Bertz CT molecular complexity index is 1330. The summed E-state index contributed by atoms with van der Waals surface area (Å²) >= 11 is 0. The molecule has 0 atom stereocenters. The van der Waals surface area contributed by atoms with Gasteiger partial charge in [0.2, 0.25) is 5.91 Å². The largest absolute Gasteiger partial charge is 0.348 e. The molecule has 0 spiro atoms. The number of hydrogen-bond acceptors (Lipinski definition) is 4. The average molecular weight is 453 g/mol. The van der Waals surface area contributed by atoms with E-state index >= 15 is 0 Å². The molecule has 1 fully saturated rings. The number of aromatic nitrogens is 2. The third kappa shape index (κ3) is 4.71. The van der Waals surface area contributed by atoms with Crippen molar-refractivity contribution in [2.24, 2.45) is 0 Å². The maximum absolute atomic E-state index is 13.5. The van der Waals surface area contributed by atoms with Gasteiger partial charge in [-0.3, -0.25) is 14.2 Å². The van der Waals surface area contributed by atoms with Crippen molar-refractivity contribution in [3.63, 3.8) is 0 Å². The van der Waals surface area contributed by atoms with E-state index in [4.69, 9.17) is 4.98 Å². The molecule has 0 aliphatic carbocycles. The number of carbonyl (C=O) groups excluding carboxylic acids is 1. The minimum atomic E-state index is -0.0913. The molecule has 0 radical (unpaired) electrons. The van der Waals surface area contributed by atoms with Crippen LogP contribution in [0.3, 0.4) is 0 Å². The van der Waals surface area contributed by atoms with Crippen LogP contribution in [0.25, 0.3) is 11.0 Å². The second-order valence-corrected chi connectivity index (χ2v) is 8.65. The summed E-state index contributed by atoms with van der Waals surface area (Å²) in [5, 5.41) is 0. The quantitative estimate of drug-likeness (QED) is 0.447. The number of rotatable bonds is 6. The molecule has 5 rings (SSSR count). The highest BCUT2D eigenvalue weighted by molar-refractivity contribution is 5.78. The molecule has 0 bridgehead atoms. The van der Waals surface area contributed by atoms with Crippen molar-refractivity contribution in [3.8, 4) is 0 Å². The molecule has 34 heavy (non-hydrogen) atoms. The fourth-order valence-corrected chi connectivity index (χ4v) is 4.53. The summed E-state index contributed by atoms with van der Waals surface area (Å²) in [6.45, 7) is 2.89. The molecule has 1 aromatic heterocycles. The van der Waals surface area contributed by atoms with Crippen molar-refractivity contribution in [2.45, 2.75) is 19.4 Å². The number of piperazine rings is 1. The van der Waals surface area contributed by atoms with Crippen molar-refractivity contribution in [2.75, 3.05) is 31.1 Å². The van der Waals surface area contributed by atoms with Gasteiger partial charge in [0.25, 0.3) is 5.56 Å². The predicted octanol–water partition coefficient (Wildman–Crippen LogP) is 3.73. The molecule has 6 heteroatoms. The van der Waals surface area contributed by atoms with E-state index in [1.807, 2.05) is 87.2 Å². The lowest BCUT2D eigenvalue weighted by Crippen LogP contribution is -2.50. The molecule has 1 aliphatic heterocycles. The number of fused-ring (bicyclic) bond motifs is 1. The first-order valence-electron chi connectivity index (χ1n) is 11.8. The topological polar surface area (TPSA) is 58.4 Å². The Hall–Kier alpha value is -3.93. The highest BCUT2D eigenvalue weighted by Crippen LogP contribution is 2.18. The average Bonchev–Trinajstić information content (AvgIpc) is 2.90. The maximum atomic E-state index is 13.5. The van der Waals surface area contributed by atoms with Gasteiger partial charge >= 0.3 is 0 Å². The summed E-state index contributed by atoms with van der Waals surface area (Å²) in [6.07, 6.45) is 1.25. The Kier molecular flexibility index (Phi) is 6.38. The van der Waals surface area contributed by atoms with Gasteiger partial charge in [-0.1, -0.05) is 72.8 Å². The number of carbonyl (C=O) groups is 1. The third-order valence-corrected chi connectivity index (χ3v) is 6.42. The van der Waals surface area contributed by atoms with Crippen LogP contribution in [0.2, 0.25) is 0 Å². The lowest BCUT2D eigenvalue weighted by atomic mass is 10.1. The van der Waals surface area contributed by atoms with E-state index < -0.39 is 0 Å². The Balaban J connectivity index is 1.32. The molecule has 0 saturated carbocycles. The molecule has 2 heterocycles. The summed E-state index contributed by atoms with van der Waals surface area (Å²) in [5.41, 5.74) is 3.78. The molecule has 1 amide bonds. The number of aryl methyl sites for hydroxylation is 1. The first kappa shape index (κ1) is 21.9. The Labute approximate surface area is 199 Å². The van der Waals surface area contributed by atoms with Crippen molar-refractivity contribution >= 4 is 22.8 Å². The summed E-state index contributed by atoms with van der Waals surface area (Å²) in [7, 11) is 0. The Morgan fingerprint density at radius 1 is 0.765 bits per heavy atom. The molecule has 4 aromatic rings. The number of hydrogen-bond donors (Lipinski definition) is 0. The molecule has 0 N–H and O–H groups in total. The summed E-state index contributed by atoms with van der Waals surface area (Å²) in [5.74, 6) is 0.627. The molecule has 3 aromatic carbocycles. The highest BCUT2D eigenvalue weighted by atomic mass is 16.2. The van der Waals surface area contributed by atoms with Crippen LogP contribution in [-0.2, 0) is 17.8 Å². The number of anilines is 1. The molecule has 0 unspecified atom stereocenters. The van der Waals surface area contributed by atoms with Crippen LogP contribution in [0.5, 0.6) is 0 Å². The van der Waals surface area contributed by atoms with Gasteiger partial charge in [0, 0.05) is 32.6 Å². The van der Waals surface area contributed by atoms with Gasteiger partial charge in [-0.25, -0.2) is 4.98 Å². The van der Waals surface area contributed by atoms with E-state index in [-0.39, 0.29) is 11.5 Å². The number of para-hydroxylation sites is 2. The zero-order chi connectivity index (χ0) is 23.3. The Morgan fingerprint density at radius 3 is 2.09 bits per heavy atom. The van der Waals surface area contributed by atoms with E-state index in [9.17, 15) is 9.59 Å². The van der Waals surface area contributed by atoms with Crippen LogP contribution in [-0.4, -0.2) is 46.5 Å². The van der Waals surface area contributed by atoms with Crippen molar-refractivity contribution < 1.29 is 4.79 Å². The smallest absolute Gasteiger partial charge is 0.294 e. The zero-order valence-corrected chi connectivity index (χ0v) is 19.1. The van der Waals surface area contributed by atoms with Crippen LogP contribution in [0.1, 0.15) is 17.5 Å². The summed E-state index contributed by atoms with van der Waals surface area (Å²) in [6, 6.07) is 27.9. The minimum Gasteiger partial charge on any atom is -0.348 e. The zero-order valence-electron chi connectivity index (χ0n) is 19.1. The van der Waals surface area contributed by atoms with Gasteiger partial charge in [-0.2, -0.15) is 0 Å². The van der Waals surface area contributed by atoms with Crippen molar-refractivity contribution in [3.05, 3.63) is 106 Å². The lowest BCUT2D eigenvalue weighted by Gasteiger charge is -2.35. The van der Waals surface area contributed by atoms with E-state index in [1.54, 1.807) is 0 Å². The van der Waals surface area contributed by atoms with Gasteiger partial charge in [-0.05, 0) is 29.7 Å². The van der Waals surface area contributed by atoms with Crippen LogP contribution in [0.15, 0.2) is 89.7 Å². The van der Waals surface area contributed by atoms with Gasteiger partial charge in [0.15, 0.2) is 5.82 Å². The highest BCUT2D eigenvalue weighted by Gasteiger charge is 2.24. The SMILES string of the molecule is O=C(CCc1ccccc1)N1CCN(c2nc3ccccc3n(Cc3ccccc3)c2=O)CC1. The molecule has 1 aliphatic rings. The van der Waals surface area contributed by atoms with Crippen LogP contribution in [0, 0.1) is 0 Å². The number of amides is 1. The summed E-state index contributed by atoms with van der Waals surface area (Å²) < 4.78 is 1.81. The molecule has 1 saturated heterocycles. The number of nitrogens with zero attached hydrogens (tertiary/aromatic N) is 4. The van der Waals surface area contributed by atoms with Crippen LogP contribution >= 0.6 is 0 Å². The summed E-state index contributed by atoms with van der Waals surface area (Å²) in [4.78, 5) is 34.9. The Morgan fingerprint density at radius 2 is 1.38 bits per heavy atom. The van der Waals surface area contributed by atoms with Gasteiger partial charge in [0.1, 0.15) is 0 Å². The predicted molar refractivity (Wildman–Crippen MR) is 135 cm³/mol. The minimum absolute atomic E-state index is 0.0913. The van der Waals surface area contributed by atoms with Crippen LogP contribution in [0.4, 0.5) is 5.82 Å². The van der Waals surface area contributed by atoms with Gasteiger partial charge < -0.3 is 9.80 Å². The number of benzene rings is 3. The first-order chi connectivity index (χ1) is 16.7. The fourth-order valence-electron chi connectivity index (χ4n) is 4.53. The first-order valence-corrected chi connectivity index (χ1v) is 11.8. The van der Waals surface area contributed by atoms with Crippen LogP contribution < -0.4 is 10.5 Å². The second-order valence-electron chi connectivity index (χ2n) is 8.65. The fraction of sp³-hybridized carbons (Fsp3) is 0.250. The van der Waals surface area contributed by atoms with E-state index in [2.05, 4.69) is 12.1 Å². The van der Waals surface area contributed by atoms with E-state index in [0.717, 1.165) is 23.0 Å². The van der Waals surface area contributed by atoms with E-state index in [0.29, 0.717) is 45.0 Å². The molecule has 172 valence electrons. The maximum Gasteiger partial charge on any atom is 0.294 e.